The number of halogens is 1. The number of amides is 1. The van der Waals surface area contributed by atoms with E-state index in [4.69, 9.17) is 11.6 Å². The maximum absolute atomic E-state index is 12.2. The Morgan fingerprint density at radius 2 is 1.64 bits per heavy atom. The topological polar surface area (TPSA) is 66.9 Å². The van der Waals surface area contributed by atoms with Crippen molar-refractivity contribution in [3.05, 3.63) is 76.7 Å². The lowest BCUT2D eigenvalue weighted by molar-refractivity contribution is 0.102. The molecule has 0 radical (unpaired) electrons. The highest BCUT2D eigenvalue weighted by atomic mass is 35.5. The average molecular weight is 353 g/mol. The van der Waals surface area contributed by atoms with Crippen LogP contribution in [0.3, 0.4) is 0 Å². The van der Waals surface area contributed by atoms with Gasteiger partial charge in [0.1, 0.15) is 11.5 Å². The number of aryl methyl sites for hydroxylation is 2. The van der Waals surface area contributed by atoms with Crippen LogP contribution < -0.4 is 10.6 Å². The SMILES string of the molecule is Cc1ccc(Nc2cnc(C(=O)Nc3ccc(Cl)cc3)cn2)cc1C. The minimum absolute atomic E-state index is 0.237. The van der Waals surface area contributed by atoms with Crippen molar-refractivity contribution in [2.24, 2.45) is 0 Å². The van der Waals surface area contributed by atoms with Gasteiger partial charge in [-0.25, -0.2) is 9.97 Å². The second kappa shape index (κ2) is 7.32. The van der Waals surface area contributed by atoms with Gasteiger partial charge in [0, 0.05) is 16.4 Å². The molecule has 0 fully saturated rings. The quantitative estimate of drug-likeness (QED) is 0.711. The van der Waals surface area contributed by atoms with E-state index in [1.54, 1.807) is 24.3 Å². The van der Waals surface area contributed by atoms with Crippen LogP contribution in [0, 0.1) is 13.8 Å². The van der Waals surface area contributed by atoms with Crippen molar-refractivity contribution >= 4 is 34.7 Å². The maximum Gasteiger partial charge on any atom is 0.275 e. The van der Waals surface area contributed by atoms with Crippen LogP contribution in [0.4, 0.5) is 17.2 Å². The first kappa shape index (κ1) is 16.9. The Labute approximate surface area is 151 Å². The molecular formula is C19H17ClN4O. The molecule has 6 heteroatoms. The van der Waals surface area contributed by atoms with E-state index in [2.05, 4.69) is 34.4 Å². The average Bonchev–Trinajstić information content (AvgIpc) is 2.61. The third-order valence-electron chi connectivity index (χ3n) is 3.77. The van der Waals surface area contributed by atoms with E-state index in [0.29, 0.717) is 16.5 Å². The lowest BCUT2D eigenvalue weighted by Crippen LogP contribution is -2.14. The van der Waals surface area contributed by atoms with Gasteiger partial charge in [-0.1, -0.05) is 17.7 Å². The Hall–Kier alpha value is -2.92. The molecule has 0 aliphatic carbocycles. The molecule has 0 aliphatic rings. The van der Waals surface area contributed by atoms with Gasteiger partial charge in [-0.3, -0.25) is 4.79 Å². The van der Waals surface area contributed by atoms with Crippen LogP contribution in [0.25, 0.3) is 0 Å². The Morgan fingerprint density at radius 1 is 0.920 bits per heavy atom. The van der Waals surface area contributed by atoms with Gasteiger partial charge in [-0.05, 0) is 61.4 Å². The van der Waals surface area contributed by atoms with E-state index in [-0.39, 0.29) is 11.6 Å². The zero-order valence-corrected chi connectivity index (χ0v) is 14.6. The monoisotopic (exact) mass is 352 g/mol. The summed E-state index contributed by atoms with van der Waals surface area (Å²) in [6.45, 7) is 4.11. The number of carbonyl (C=O) groups excluding carboxylic acids is 1. The summed E-state index contributed by atoms with van der Waals surface area (Å²) in [5, 5.41) is 6.53. The van der Waals surface area contributed by atoms with Crippen LogP contribution in [-0.4, -0.2) is 15.9 Å². The molecule has 1 amide bonds. The lowest BCUT2D eigenvalue weighted by Gasteiger charge is -2.08. The Morgan fingerprint density at radius 3 is 2.28 bits per heavy atom. The molecular weight excluding hydrogens is 336 g/mol. The maximum atomic E-state index is 12.2. The number of rotatable bonds is 4. The van der Waals surface area contributed by atoms with Crippen molar-refractivity contribution in [2.45, 2.75) is 13.8 Å². The van der Waals surface area contributed by atoms with Gasteiger partial charge in [0.05, 0.1) is 12.4 Å². The molecule has 0 saturated carbocycles. The van der Waals surface area contributed by atoms with Crippen LogP contribution in [0.1, 0.15) is 21.6 Å². The molecule has 0 saturated heterocycles. The summed E-state index contributed by atoms with van der Waals surface area (Å²) in [6.07, 6.45) is 2.97. The number of hydrogen-bond acceptors (Lipinski definition) is 4. The summed E-state index contributed by atoms with van der Waals surface area (Å²) in [7, 11) is 0. The third-order valence-corrected chi connectivity index (χ3v) is 4.02. The van der Waals surface area contributed by atoms with E-state index >= 15 is 0 Å². The number of hydrogen-bond donors (Lipinski definition) is 2. The molecule has 0 bridgehead atoms. The lowest BCUT2D eigenvalue weighted by atomic mass is 10.1. The van der Waals surface area contributed by atoms with E-state index in [9.17, 15) is 4.79 Å². The smallest absolute Gasteiger partial charge is 0.275 e. The molecule has 1 heterocycles. The van der Waals surface area contributed by atoms with Gasteiger partial charge in [0.25, 0.3) is 5.91 Å². The summed E-state index contributed by atoms with van der Waals surface area (Å²) >= 11 is 5.83. The van der Waals surface area contributed by atoms with Crippen LogP contribution >= 0.6 is 11.6 Å². The van der Waals surface area contributed by atoms with E-state index in [0.717, 1.165) is 5.69 Å². The van der Waals surface area contributed by atoms with Crippen LogP contribution in [0.2, 0.25) is 5.02 Å². The van der Waals surface area contributed by atoms with Crippen molar-refractivity contribution in [3.63, 3.8) is 0 Å². The van der Waals surface area contributed by atoms with Gasteiger partial charge in [0.2, 0.25) is 0 Å². The van der Waals surface area contributed by atoms with Crippen molar-refractivity contribution in [1.82, 2.24) is 9.97 Å². The number of nitrogens with one attached hydrogen (secondary N) is 2. The largest absolute Gasteiger partial charge is 0.339 e. The highest BCUT2D eigenvalue weighted by Crippen LogP contribution is 2.18. The third kappa shape index (κ3) is 4.33. The van der Waals surface area contributed by atoms with Crippen molar-refractivity contribution in [3.8, 4) is 0 Å². The van der Waals surface area contributed by atoms with E-state index < -0.39 is 0 Å². The highest BCUT2D eigenvalue weighted by molar-refractivity contribution is 6.30. The van der Waals surface area contributed by atoms with Crippen LogP contribution in [-0.2, 0) is 0 Å². The summed E-state index contributed by atoms with van der Waals surface area (Å²) in [4.78, 5) is 20.6. The van der Waals surface area contributed by atoms with Crippen molar-refractivity contribution in [2.75, 3.05) is 10.6 Å². The van der Waals surface area contributed by atoms with Gasteiger partial charge in [-0.2, -0.15) is 0 Å². The van der Waals surface area contributed by atoms with E-state index in [1.165, 1.54) is 23.5 Å². The molecule has 1 aromatic heterocycles. The fraction of sp³-hybridized carbons (Fsp3) is 0.105. The molecule has 0 aliphatic heterocycles. The number of aromatic nitrogens is 2. The summed E-state index contributed by atoms with van der Waals surface area (Å²) in [6, 6.07) is 12.9. The first-order valence-corrected chi connectivity index (χ1v) is 8.12. The Kier molecular flexibility index (Phi) is 4.95. The van der Waals surface area contributed by atoms with Gasteiger partial charge < -0.3 is 10.6 Å². The number of anilines is 3. The second-order valence-electron chi connectivity index (χ2n) is 5.67. The predicted molar refractivity (Wildman–Crippen MR) is 101 cm³/mol. The normalized spacial score (nSPS) is 10.4. The molecule has 0 unspecified atom stereocenters. The van der Waals surface area contributed by atoms with Gasteiger partial charge >= 0.3 is 0 Å². The molecule has 25 heavy (non-hydrogen) atoms. The molecule has 3 aromatic rings. The molecule has 5 nitrogen and oxygen atoms in total. The molecule has 2 N–H and O–H groups in total. The molecule has 126 valence electrons. The van der Waals surface area contributed by atoms with E-state index in [1.807, 2.05) is 18.2 Å². The summed E-state index contributed by atoms with van der Waals surface area (Å²) in [5.74, 6) is 0.249. The number of carbonyl (C=O) groups is 1. The summed E-state index contributed by atoms with van der Waals surface area (Å²) in [5.41, 5.74) is 4.23. The predicted octanol–water partition coefficient (Wildman–Crippen LogP) is 4.74. The van der Waals surface area contributed by atoms with Gasteiger partial charge in [0.15, 0.2) is 0 Å². The molecule has 0 spiro atoms. The highest BCUT2D eigenvalue weighted by Gasteiger charge is 2.09. The zero-order chi connectivity index (χ0) is 17.8. The van der Waals surface area contributed by atoms with Crippen LogP contribution in [0.5, 0.6) is 0 Å². The van der Waals surface area contributed by atoms with Gasteiger partial charge in [-0.15, -0.1) is 0 Å². The van der Waals surface area contributed by atoms with Crippen molar-refractivity contribution < 1.29 is 4.79 Å². The number of nitrogens with zero attached hydrogens (tertiary/aromatic N) is 2. The number of benzene rings is 2. The fourth-order valence-electron chi connectivity index (χ4n) is 2.21. The fourth-order valence-corrected chi connectivity index (χ4v) is 2.33. The first-order valence-electron chi connectivity index (χ1n) is 7.74. The summed E-state index contributed by atoms with van der Waals surface area (Å²) < 4.78 is 0. The molecule has 2 aromatic carbocycles. The Bertz CT molecular complexity index is 892. The Balaban J connectivity index is 1.67. The first-order chi connectivity index (χ1) is 12.0. The standard InChI is InChI=1S/C19H17ClN4O/c1-12-3-6-16(9-13(12)2)23-18-11-21-17(10-22-18)19(25)24-15-7-4-14(20)5-8-15/h3-11H,1-2H3,(H,22,23)(H,24,25). The second-order valence-corrected chi connectivity index (χ2v) is 6.11. The minimum atomic E-state index is -0.326. The molecule has 3 rings (SSSR count). The zero-order valence-electron chi connectivity index (χ0n) is 13.9. The van der Waals surface area contributed by atoms with Crippen LogP contribution in [0.15, 0.2) is 54.9 Å². The molecule has 0 atom stereocenters. The van der Waals surface area contributed by atoms with Crippen molar-refractivity contribution in [1.29, 1.82) is 0 Å². The minimum Gasteiger partial charge on any atom is -0.339 e.